The van der Waals surface area contributed by atoms with Gasteiger partial charge in [-0.3, -0.25) is 4.79 Å². The number of nitrogens with one attached hydrogen (secondary N) is 2. The van der Waals surface area contributed by atoms with Crippen LogP contribution in [-0.4, -0.2) is 32.1 Å². The van der Waals surface area contributed by atoms with Crippen LogP contribution in [0.25, 0.3) is 0 Å². The van der Waals surface area contributed by atoms with Crippen molar-refractivity contribution in [2.45, 2.75) is 6.54 Å². The number of phenols is 1. The molecule has 0 fully saturated rings. The number of aromatic amines is 1. The molecule has 1 aromatic carbocycles. The Morgan fingerprint density at radius 2 is 1.95 bits per heavy atom. The molecule has 7 heteroatoms. The third kappa shape index (κ3) is 2.89. The lowest BCUT2D eigenvalue weighted by molar-refractivity contribution is 0.0685. The highest BCUT2D eigenvalue weighted by Gasteiger charge is 2.19. The topological polar surface area (TPSA) is 115 Å². The van der Waals surface area contributed by atoms with Gasteiger partial charge in [-0.2, -0.15) is 0 Å². The second kappa shape index (κ2) is 5.21. The number of hydrogen-bond donors (Lipinski definition) is 4. The Morgan fingerprint density at radius 1 is 1.26 bits per heavy atom. The van der Waals surface area contributed by atoms with Crippen LogP contribution in [0.5, 0.6) is 5.75 Å². The van der Waals surface area contributed by atoms with Gasteiger partial charge in [-0.15, -0.1) is 0 Å². The van der Waals surface area contributed by atoms with Gasteiger partial charge in [0.15, 0.2) is 11.4 Å². The number of aromatic hydroxyl groups is 1. The molecule has 98 valence electrons. The maximum atomic E-state index is 11.8. The molecule has 19 heavy (non-hydrogen) atoms. The van der Waals surface area contributed by atoms with Crippen LogP contribution in [0.15, 0.2) is 30.6 Å². The Labute approximate surface area is 107 Å². The van der Waals surface area contributed by atoms with Crippen molar-refractivity contribution < 1.29 is 19.8 Å². The summed E-state index contributed by atoms with van der Waals surface area (Å²) in [5, 5.41) is 20.5. The highest BCUT2D eigenvalue weighted by molar-refractivity contribution is 6.02. The molecule has 4 N–H and O–H groups in total. The van der Waals surface area contributed by atoms with Gasteiger partial charge in [0, 0.05) is 6.54 Å². The summed E-state index contributed by atoms with van der Waals surface area (Å²) >= 11 is 0. The quantitative estimate of drug-likeness (QED) is 0.648. The third-order valence-electron chi connectivity index (χ3n) is 2.46. The van der Waals surface area contributed by atoms with Gasteiger partial charge >= 0.3 is 5.97 Å². The lowest BCUT2D eigenvalue weighted by Crippen LogP contribution is -2.25. The van der Waals surface area contributed by atoms with Crippen molar-refractivity contribution in [1.29, 1.82) is 0 Å². The first-order valence-electron chi connectivity index (χ1n) is 5.40. The minimum absolute atomic E-state index is 0.135. The first-order chi connectivity index (χ1) is 9.08. The molecule has 0 aliphatic rings. The van der Waals surface area contributed by atoms with Crippen molar-refractivity contribution in [3.8, 4) is 5.75 Å². The smallest absolute Gasteiger partial charge is 0.354 e. The monoisotopic (exact) mass is 261 g/mol. The van der Waals surface area contributed by atoms with Crippen LogP contribution >= 0.6 is 0 Å². The molecule has 1 amide bonds. The van der Waals surface area contributed by atoms with Crippen LogP contribution in [-0.2, 0) is 6.54 Å². The number of carbonyl (C=O) groups is 2. The van der Waals surface area contributed by atoms with E-state index in [1.54, 1.807) is 12.1 Å². The molecule has 0 aliphatic heterocycles. The van der Waals surface area contributed by atoms with Gasteiger partial charge in [0.2, 0.25) is 0 Å². The van der Waals surface area contributed by atoms with Crippen LogP contribution in [0.1, 0.15) is 26.5 Å². The lowest BCUT2D eigenvalue weighted by atomic mass is 10.2. The maximum Gasteiger partial charge on any atom is 0.354 e. The molecule has 0 spiro atoms. The number of carbonyl (C=O) groups excluding carboxylic acids is 1. The number of hydrogen-bond acceptors (Lipinski definition) is 4. The van der Waals surface area contributed by atoms with E-state index >= 15 is 0 Å². The summed E-state index contributed by atoms with van der Waals surface area (Å²) in [6.07, 6.45) is 1.15. The maximum absolute atomic E-state index is 11.8. The predicted octanol–water partition coefficient (Wildman–Crippen LogP) is 0.743. The van der Waals surface area contributed by atoms with Crippen molar-refractivity contribution >= 4 is 11.9 Å². The molecule has 0 bridgehead atoms. The molecular formula is C12H11N3O4. The number of carboxylic acid groups (broad SMARTS) is 1. The summed E-state index contributed by atoms with van der Waals surface area (Å²) in [7, 11) is 0. The van der Waals surface area contributed by atoms with E-state index in [2.05, 4.69) is 15.3 Å². The molecule has 2 rings (SSSR count). The van der Waals surface area contributed by atoms with Crippen LogP contribution in [0, 0.1) is 0 Å². The fraction of sp³-hybridized carbons (Fsp3) is 0.0833. The van der Waals surface area contributed by atoms with Gasteiger partial charge < -0.3 is 20.5 Å². The summed E-state index contributed by atoms with van der Waals surface area (Å²) < 4.78 is 0. The summed E-state index contributed by atoms with van der Waals surface area (Å²) in [4.78, 5) is 28.6. The van der Waals surface area contributed by atoms with E-state index in [0.717, 1.165) is 11.9 Å². The van der Waals surface area contributed by atoms with E-state index < -0.39 is 11.9 Å². The molecule has 0 saturated heterocycles. The summed E-state index contributed by atoms with van der Waals surface area (Å²) in [6.45, 7) is 0.213. The number of imidazole rings is 1. The lowest BCUT2D eigenvalue weighted by Gasteiger charge is -2.04. The Morgan fingerprint density at radius 3 is 2.58 bits per heavy atom. The first kappa shape index (κ1) is 12.6. The molecule has 0 atom stereocenters. The third-order valence-corrected chi connectivity index (χ3v) is 2.46. The van der Waals surface area contributed by atoms with Crippen LogP contribution in [0.4, 0.5) is 0 Å². The Balaban J connectivity index is 2.03. The number of H-pyrrole nitrogens is 1. The zero-order valence-corrected chi connectivity index (χ0v) is 9.75. The second-order valence-electron chi connectivity index (χ2n) is 3.78. The Bertz CT molecular complexity index is 604. The van der Waals surface area contributed by atoms with Gasteiger partial charge in [0.05, 0.1) is 6.33 Å². The van der Waals surface area contributed by atoms with Crippen molar-refractivity contribution in [1.82, 2.24) is 15.3 Å². The van der Waals surface area contributed by atoms with E-state index in [4.69, 9.17) is 10.2 Å². The predicted molar refractivity (Wildman–Crippen MR) is 64.8 cm³/mol. The molecule has 0 unspecified atom stereocenters. The molecule has 0 saturated carbocycles. The minimum atomic E-state index is -1.24. The number of aromatic carboxylic acids is 1. The van der Waals surface area contributed by atoms with Crippen LogP contribution in [0.2, 0.25) is 0 Å². The van der Waals surface area contributed by atoms with Crippen molar-refractivity contribution in [2.24, 2.45) is 0 Å². The fourth-order valence-corrected chi connectivity index (χ4v) is 1.51. The number of amides is 1. The SMILES string of the molecule is O=C(NCc1ccc(O)cc1)c1nc[nH]c1C(=O)O. The van der Waals surface area contributed by atoms with Crippen molar-refractivity contribution in [2.75, 3.05) is 0 Å². The number of carboxylic acids is 1. The van der Waals surface area contributed by atoms with E-state index in [9.17, 15) is 9.59 Å². The largest absolute Gasteiger partial charge is 0.508 e. The van der Waals surface area contributed by atoms with Gasteiger partial charge in [-0.1, -0.05) is 12.1 Å². The fourth-order valence-electron chi connectivity index (χ4n) is 1.51. The Hall–Kier alpha value is -2.83. The summed E-state index contributed by atoms with van der Waals surface area (Å²) in [6, 6.07) is 6.30. The molecule has 7 nitrogen and oxygen atoms in total. The molecule has 0 aliphatic carbocycles. The highest BCUT2D eigenvalue weighted by Crippen LogP contribution is 2.09. The van der Waals surface area contributed by atoms with E-state index in [1.165, 1.54) is 12.1 Å². The van der Waals surface area contributed by atoms with Crippen LogP contribution in [0.3, 0.4) is 0 Å². The molecule has 1 aromatic heterocycles. The van der Waals surface area contributed by atoms with E-state index in [1.807, 2.05) is 0 Å². The van der Waals surface area contributed by atoms with Gasteiger partial charge in [-0.05, 0) is 17.7 Å². The minimum Gasteiger partial charge on any atom is -0.508 e. The van der Waals surface area contributed by atoms with Gasteiger partial charge in [0.1, 0.15) is 5.75 Å². The zero-order chi connectivity index (χ0) is 13.8. The second-order valence-corrected chi connectivity index (χ2v) is 3.78. The average Bonchev–Trinajstić information content (AvgIpc) is 2.87. The number of benzene rings is 1. The number of phenolic OH excluding ortho intramolecular Hbond substituents is 1. The van der Waals surface area contributed by atoms with Crippen molar-refractivity contribution in [3.05, 3.63) is 47.5 Å². The van der Waals surface area contributed by atoms with Gasteiger partial charge in [0.25, 0.3) is 5.91 Å². The standard InChI is InChI=1S/C12H11N3O4/c16-8-3-1-7(2-4-8)5-13-11(17)9-10(12(18)19)15-6-14-9/h1-4,6,16H,5H2,(H,13,17)(H,14,15)(H,18,19). The number of rotatable bonds is 4. The van der Waals surface area contributed by atoms with E-state index in [0.29, 0.717) is 0 Å². The van der Waals surface area contributed by atoms with E-state index in [-0.39, 0.29) is 23.7 Å². The van der Waals surface area contributed by atoms with Gasteiger partial charge in [-0.25, -0.2) is 9.78 Å². The molecule has 2 aromatic rings. The average molecular weight is 261 g/mol. The van der Waals surface area contributed by atoms with Crippen LogP contribution < -0.4 is 5.32 Å². The molecule has 0 radical (unpaired) electrons. The number of nitrogens with zero attached hydrogens (tertiary/aromatic N) is 1. The van der Waals surface area contributed by atoms with Crippen molar-refractivity contribution in [3.63, 3.8) is 0 Å². The molecular weight excluding hydrogens is 250 g/mol. The summed E-state index contributed by atoms with van der Waals surface area (Å²) in [5.41, 5.74) is 0.369. The Kier molecular flexibility index (Phi) is 3.46. The number of aromatic nitrogens is 2. The zero-order valence-electron chi connectivity index (χ0n) is 9.75. The first-order valence-corrected chi connectivity index (χ1v) is 5.40. The normalized spacial score (nSPS) is 10.1. The highest BCUT2D eigenvalue weighted by atomic mass is 16.4. The molecule has 1 heterocycles. The summed E-state index contributed by atoms with van der Waals surface area (Å²) in [5.74, 6) is -1.69.